The predicted octanol–water partition coefficient (Wildman–Crippen LogP) is 1.20. The number of aryl methyl sites for hydroxylation is 1. The zero-order chi connectivity index (χ0) is 8.27. The van der Waals surface area contributed by atoms with Crippen LogP contribution in [-0.4, -0.2) is 16.3 Å². The van der Waals surface area contributed by atoms with Crippen LogP contribution in [-0.2, 0) is 7.05 Å². The fourth-order valence-electron chi connectivity index (χ4n) is 0.919. The van der Waals surface area contributed by atoms with Crippen LogP contribution in [0.5, 0.6) is 0 Å². The monoisotopic (exact) mass is 187 g/mol. The van der Waals surface area contributed by atoms with Crippen LogP contribution in [0.2, 0.25) is 0 Å². The van der Waals surface area contributed by atoms with Crippen molar-refractivity contribution in [1.82, 2.24) is 9.78 Å². The maximum absolute atomic E-state index is 5.37. The van der Waals surface area contributed by atoms with Crippen molar-refractivity contribution in [1.29, 1.82) is 0 Å². The highest BCUT2D eigenvalue weighted by atomic mass is 35.5. The molecule has 1 aromatic heterocycles. The minimum atomic E-state index is 0. The largest absolute Gasteiger partial charge is 0.327 e. The van der Waals surface area contributed by atoms with E-state index in [1.807, 2.05) is 32.4 Å². The van der Waals surface area contributed by atoms with E-state index in [1.54, 1.807) is 4.68 Å². The maximum Gasteiger partial charge on any atom is 0.0564 e. The second-order valence-corrected chi connectivity index (χ2v) is 2.53. The van der Waals surface area contributed by atoms with Crippen LogP contribution in [0, 0.1) is 0 Å². The van der Waals surface area contributed by atoms with Crippen LogP contribution in [0.1, 0.15) is 12.5 Å². The quantitative estimate of drug-likeness (QED) is 0.757. The van der Waals surface area contributed by atoms with Gasteiger partial charge in [-0.15, -0.1) is 12.4 Å². The van der Waals surface area contributed by atoms with Gasteiger partial charge in [-0.2, -0.15) is 5.10 Å². The molecule has 0 amide bonds. The Hall–Kier alpha value is -0.800. The van der Waals surface area contributed by atoms with E-state index in [9.17, 15) is 0 Å². The van der Waals surface area contributed by atoms with Crippen molar-refractivity contribution in [2.45, 2.75) is 6.92 Å². The van der Waals surface area contributed by atoms with E-state index in [0.717, 1.165) is 5.56 Å². The molecule has 68 valence electrons. The fraction of sp³-hybridized carbons (Fsp3) is 0.375. The van der Waals surface area contributed by atoms with Crippen LogP contribution >= 0.6 is 12.4 Å². The van der Waals surface area contributed by atoms with Crippen molar-refractivity contribution in [2.75, 3.05) is 6.54 Å². The van der Waals surface area contributed by atoms with E-state index in [-0.39, 0.29) is 12.4 Å². The second kappa shape index (κ2) is 4.95. The molecule has 0 bridgehead atoms. The highest BCUT2D eigenvalue weighted by molar-refractivity contribution is 5.85. The number of halogens is 1. The van der Waals surface area contributed by atoms with Gasteiger partial charge in [0.2, 0.25) is 0 Å². The van der Waals surface area contributed by atoms with E-state index < -0.39 is 0 Å². The van der Waals surface area contributed by atoms with Gasteiger partial charge in [-0.1, -0.05) is 6.08 Å². The van der Waals surface area contributed by atoms with Crippen molar-refractivity contribution in [3.05, 3.63) is 24.0 Å². The summed E-state index contributed by atoms with van der Waals surface area (Å²) >= 11 is 0. The summed E-state index contributed by atoms with van der Waals surface area (Å²) in [6, 6.07) is 0. The van der Waals surface area contributed by atoms with Crippen molar-refractivity contribution in [3.63, 3.8) is 0 Å². The number of aromatic nitrogens is 2. The Kier molecular flexibility index (Phi) is 4.62. The molecule has 0 unspecified atom stereocenters. The summed E-state index contributed by atoms with van der Waals surface area (Å²) in [4.78, 5) is 0. The lowest BCUT2D eigenvalue weighted by Gasteiger charge is -1.92. The van der Waals surface area contributed by atoms with Gasteiger partial charge in [-0.3, -0.25) is 4.68 Å². The normalized spacial score (nSPS) is 11.1. The number of hydrogen-bond donors (Lipinski definition) is 1. The number of nitrogens with two attached hydrogens (primary N) is 1. The smallest absolute Gasteiger partial charge is 0.0564 e. The number of allylic oxidation sites excluding steroid dienone is 1. The van der Waals surface area contributed by atoms with Crippen molar-refractivity contribution in [2.24, 2.45) is 12.8 Å². The van der Waals surface area contributed by atoms with Crippen LogP contribution in [0.4, 0.5) is 0 Å². The molecule has 0 aliphatic carbocycles. The first-order valence-electron chi connectivity index (χ1n) is 3.60. The molecule has 3 nitrogen and oxygen atoms in total. The van der Waals surface area contributed by atoms with Crippen LogP contribution in [0.15, 0.2) is 18.5 Å². The summed E-state index contributed by atoms with van der Waals surface area (Å²) in [6.07, 6.45) is 5.79. The fourth-order valence-corrected chi connectivity index (χ4v) is 0.919. The molecule has 0 radical (unpaired) electrons. The van der Waals surface area contributed by atoms with Crippen molar-refractivity contribution >= 4 is 18.0 Å². The lowest BCUT2D eigenvalue weighted by molar-refractivity contribution is 0.767. The third-order valence-corrected chi connectivity index (χ3v) is 1.58. The molecule has 12 heavy (non-hydrogen) atoms. The highest BCUT2D eigenvalue weighted by Crippen LogP contribution is 2.10. The van der Waals surface area contributed by atoms with Gasteiger partial charge in [0.15, 0.2) is 0 Å². The Morgan fingerprint density at radius 3 is 2.83 bits per heavy atom. The molecule has 0 aliphatic rings. The number of nitrogens with zero attached hydrogens (tertiary/aromatic N) is 2. The van der Waals surface area contributed by atoms with Crippen LogP contribution < -0.4 is 5.73 Å². The van der Waals surface area contributed by atoms with Gasteiger partial charge < -0.3 is 5.73 Å². The molecule has 0 aliphatic heterocycles. The molecule has 0 saturated heterocycles. The zero-order valence-electron chi connectivity index (χ0n) is 7.32. The Bertz CT molecular complexity index is 265. The van der Waals surface area contributed by atoms with E-state index in [4.69, 9.17) is 5.73 Å². The molecular formula is C8H14ClN3. The summed E-state index contributed by atoms with van der Waals surface area (Å²) in [7, 11) is 1.90. The topological polar surface area (TPSA) is 43.8 Å². The summed E-state index contributed by atoms with van der Waals surface area (Å²) in [6.45, 7) is 2.62. The predicted molar refractivity (Wildman–Crippen MR) is 53.2 cm³/mol. The molecule has 0 saturated carbocycles. The summed E-state index contributed by atoms with van der Waals surface area (Å²) in [5.41, 5.74) is 7.69. The van der Waals surface area contributed by atoms with Gasteiger partial charge in [0, 0.05) is 25.4 Å². The maximum atomic E-state index is 5.37. The van der Waals surface area contributed by atoms with Gasteiger partial charge in [0.05, 0.1) is 6.20 Å². The summed E-state index contributed by atoms with van der Waals surface area (Å²) in [5.74, 6) is 0. The lowest BCUT2D eigenvalue weighted by atomic mass is 10.1. The molecule has 0 spiro atoms. The van der Waals surface area contributed by atoms with Crippen molar-refractivity contribution < 1.29 is 0 Å². The molecule has 0 fully saturated rings. The average Bonchev–Trinajstić information content (AvgIpc) is 2.36. The molecule has 4 heteroatoms. The first kappa shape index (κ1) is 11.2. The van der Waals surface area contributed by atoms with Gasteiger partial charge in [0.25, 0.3) is 0 Å². The Morgan fingerprint density at radius 1 is 1.75 bits per heavy atom. The molecule has 0 atom stereocenters. The first-order valence-corrected chi connectivity index (χ1v) is 3.60. The first-order chi connectivity index (χ1) is 5.24. The van der Waals surface area contributed by atoms with Gasteiger partial charge in [-0.05, 0) is 12.5 Å². The number of hydrogen-bond acceptors (Lipinski definition) is 2. The van der Waals surface area contributed by atoms with Gasteiger partial charge in [-0.25, -0.2) is 0 Å². The minimum Gasteiger partial charge on any atom is -0.327 e. The van der Waals surface area contributed by atoms with Gasteiger partial charge in [0.1, 0.15) is 0 Å². The zero-order valence-corrected chi connectivity index (χ0v) is 8.14. The Morgan fingerprint density at radius 2 is 2.42 bits per heavy atom. The molecule has 1 aromatic rings. The third-order valence-electron chi connectivity index (χ3n) is 1.58. The van der Waals surface area contributed by atoms with Crippen LogP contribution in [0.3, 0.4) is 0 Å². The Balaban J connectivity index is 0.00000121. The van der Waals surface area contributed by atoms with Gasteiger partial charge >= 0.3 is 0 Å². The third kappa shape index (κ3) is 2.68. The molecule has 0 aromatic carbocycles. The SMILES string of the molecule is C/C(=C\CN)c1cnn(C)c1.Cl. The standard InChI is InChI=1S/C8H13N3.ClH/c1-7(3-4-9)8-5-10-11(2)6-8;/h3,5-6H,4,9H2,1-2H3;1H/b7-3+;. The van der Waals surface area contributed by atoms with E-state index in [2.05, 4.69) is 5.10 Å². The van der Waals surface area contributed by atoms with Crippen LogP contribution in [0.25, 0.3) is 5.57 Å². The second-order valence-electron chi connectivity index (χ2n) is 2.53. The molecule has 1 heterocycles. The minimum absolute atomic E-state index is 0. The molecule has 2 N–H and O–H groups in total. The highest BCUT2D eigenvalue weighted by Gasteiger charge is 1.95. The molecular weight excluding hydrogens is 174 g/mol. The Labute approximate surface area is 78.7 Å². The molecule has 1 rings (SSSR count). The summed E-state index contributed by atoms with van der Waals surface area (Å²) < 4.78 is 1.78. The van der Waals surface area contributed by atoms with E-state index >= 15 is 0 Å². The number of rotatable bonds is 2. The van der Waals surface area contributed by atoms with E-state index in [1.165, 1.54) is 5.57 Å². The van der Waals surface area contributed by atoms with E-state index in [0.29, 0.717) is 6.54 Å². The average molecular weight is 188 g/mol. The lowest BCUT2D eigenvalue weighted by Crippen LogP contribution is -1.93. The van der Waals surface area contributed by atoms with Crippen molar-refractivity contribution in [3.8, 4) is 0 Å². The summed E-state index contributed by atoms with van der Waals surface area (Å²) in [5, 5.41) is 4.05.